The molecule has 0 bridgehead atoms. The van der Waals surface area contributed by atoms with Crippen LogP contribution >= 0.6 is 0 Å². The number of Topliss-reactive ketones (excluding diaryl/α,β-unsaturated/α-hetero) is 2. The van der Waals surface area contributed by atoms with Crippen molar-refractivity contribution in [1.82, 2.24) is 0 Å². The van der Waals surface area contributed by atoms with Gasteiger partial charge in [-0.15, -0.1) is 0 Å². The van der Waals surface area contributed by atoms with E-state index in [4.69, 9.17) is 0 Å². The van der Waals surface area contributed by atoms with E-state index >= 15 is 0 Å². The predicted octanol–water partition coefficient (Wildman–Crippen LogP) is 4.46. The molecule has 0 radical (unpaired) electrons. The summed E-state index contributed by atoms with van der Waals surface area (Å²) >= 11 is 0. The summed E-state index contributed by atoms with van der Waals surface area (Å²) in [6, 6.07) is 0. The van der Waals surface area contributed by atoms with E-state index in [9.17, 15) is 9.59 Å². The van der Waals surface area contributed by atoms with Crippen molar-refractivity contribution < 1.29 is 9.59 Å². The highest BCUT2D eigenvalue weighted by Gasteiger charge is 2.09. The summed E-state index contributed by atoms with van der Waals surface area (Å²) in [6.45, 7) is 2.26. The summed E-state index contributed by atoms with van der Waals surface area (Å²) < 4.78 is 0. The molecule has 1 unspecified atom stereocenters. The maximum absolute atomic E-state index is 11.7. The molecule has 18 heavy (non-hydrogen) atoms. The first-order valence-electron chi connectivity index (χ1n) is 7.72. The van der Waals surface area contributed by atoms with Gasteiger partial charge in [-0.05, 0) is 25.2 Å². The molecule has 1 fully saturated rings. The largest absolute Gasteiger partial charge is 0.300 e. The minimum atomic E-state index is 0.351. The van der Waals surface area contributed by atoms with Crippen LogP contribution in [-0.4, -0.2) is 11.6 Å². The minimum Gasteiger partial charge on any atom is -0.300 e. The van der Waals surface area contributed by atoms with Crippen molar-refractivity contribution in [3.05, 3.63) is 0 Å². The molecular formula is C16H28O2. The first-order chi connectivity index (χ1) is 8.68. The van der Waals surface area contributed by atoms with E-state index in [0.29, 0.717) is 30.3 Å². The molecule has 1 aliphatic carbocycles. The molecule has 2 nitrogen and oxygen atoms in total. The Morgan fingerprint density at radius 3 is 2.00 bits per heavy atom. The summed E-state index contributed by atoms with van der Waals surface area (Å²) in [5.41, 5.74) is 0. The van der Waals surface area contributed by atoms with Gasteiger partial charge in [0.15, 0.2) is 0 Å². The molecule has 2 heteroatoms. The Balaban J connectivity index is 2.33. The maximum atomic E-state index is 11.7. The van der Waals surface area contributed by atoms with Crippen LogP contribution in [0, 0.1) is 5.92 Å². The van der Waals surface area contributed by atoms with Gasteiger partial charge in [0.25, 0.3) is 0 Å². The monoisotopic (exact) mass is 252 g/mol. The summed E-state index contributed by atoms with van der Waals surface area (Å²) in [4.78, 5) is 23.2. The molecule has 1 saturated carbocycles. The molecule has 0 aromatic heterocycles. The third-order valence-electron chi connectivity index (χ3n) is 3.98. The summed E-state index contributed by atoms with van der Waals surface area (Å²) in [6.07, 6.45) is 11.8. The molecular weight excluding hydrogens is 224 g/mol. The zero-order valence-electron chi connectivity index (χ0n) is 11.9. The number of ketones is 2. The van der Waals surface area contributed by atoms with Gasteiger partial charge in [-0.25, -0.2) is 0 Å². The van der Waals surface area contributed by atoms with Crippen LogP contribution < -0.4 is 0 Å². The summed E-state index contributed by atoms with van der Waals surface area (Å²) in [5.74, 6) is 1.39. The number of carbonyl (C=O) groups is 2. The van der Waals surface area contributed by atoms with Crippen molar-refractivity contribution in [2.45, 2.75) is 84.0 Å². The second kappa shape index (κ2) is 9.29. The molecule has 0 aromatic rings. The second-order valence-electron chi connectivity index (χ2n) is 5.88. The lowest BCUT2D eigenvalue weighted by Crippen LogP contribution is -2.04. The van der Waals surface area contributed by atoms with Gasteiger partial charge in [-0.1, -0.05) is 39.0 Å². The van der Waals surface area contributed by atoms with E-state index in [1.54, 1.807) is 0 Å². The molecule has 0 amide bonds. The molecule has 0 saturated heterocycles. The van der Waals surface area contributed by atoms with E-state index in [1.807, 2.05) is 0 Å². The van der Waals surface area contributed by atoms with Crippen LogP contribution in [0.25, 0.3) is 0 Å². The summed E-state index contributed by atoms with van der Waals surface area (Å²) in [5, 5.41) is 0. The zero-order chi connectivity index (χ0) is 13.2. The molecule has 0 aliphatic heterocycles. The average molecular weight is 252 g/mol. The fourth-order valence-electron chi connectivity index (χ4n) is 2.63. The van der Waals surface area contributed by atoms with Crippen molar-refractivity contribution in [2.75, 3.05) is 0 Å². The van der Waals surface area contributed by atoms with Crippen molar-refractivity contribution >= 4 is 11.6 Å². The van der Waals surface area contributed by atoms with Gasteiger partial charge in [0.1, 0.15) is 11.6 Å². The fraction of sp³-hybridized carbons (Fsp3) is 0.875. The maximum Gasteiger partial charge on any atom is 0.132 e. The molecule has 104 valence electrons. The van der Waals surface area contributed by atoms with E-state index < -0.39 is 0 Å². The Hall–Kier alpha value is -0.660. The van der Waals surface area contributed by atoms with Crippen LogP contribution in [0.4, 0.5) is 0 Å². The average Bonchev–Trinajstić information content (AvgIpc) is 2.34. The first kappa shape index (κ1) is 15.4. The van der Waals surface area contributed by atoms with Gasteiger partial charge in [0.05, 0.1) is 0 Å². The standard InChI is InChI=1S/C16H28O2/c1-14-8-5-3-2-4-6-9-15(17)10-7-11-16(18)13-12-14/h14H,2-13H2,1H3. The molecule has 1 aliphatic rings. The fourth-order valence-corrected chi connectivity index (χ4v) is 2.63. The van der Waals surface area contributed by atoms with Gasteiger partial charge in [-0.3, -0.25) is 9.59 Å². The lowest BCUT2D eigenvalue weighted by molar-refractivity contribution is -0.120. The van der Waals surface area contributed by atoms with Crippen molar-refractivity contribution in [3.8, 4) is 0 Å². The number of carbonyl (C=O) groups excluding carboxylic acids is 2. The summed E-state index contributed by atoms with van der Waals surface area (Å²) in [7, 11) is 0. The molecule has 0 spiro atoms. The van der Waals surface area contributed by atoms with Gasteiger partial charge < -0.3 is 0 Å². The van der Waals surface area contributed by atoms with E-state index in [-0.39, 0.29) is 0 Å². The highest BCUT2D eigenvalue weighted by atomic mass is 16.1. The normalized spacial score (nSPS) is 26.4. The van der Waals surface area contributed by atoms with Crippen LogP contribution in [-0.2, 0) is 9.59 Å². The molecule has 0 heterocycles. The van der Waals surface area contributed by atoms with E-state index in [2.05, 4.69) is 6.92 Å². The van der Waals surface area contributed by atoms with Gasteiger partial charge in [0.2, 0.25) is 0 Å². The third-order valence-corrected chi connectivity index (χ3v) is 3.98. The van der Waals surface area contributed by atoms with Crippen molar-refractivity contribution in [3.63, 3.8) is 0 Å². The SMILES string of the molecule is CC1CCCCCCCC(=O)CCCC(=O)CC1. The number of rotatable bonds is 0. The molecule has 0 N–H and O–H groups in total. The zero-order valence-corrected chi connectivity index (χ0v) is 11.9. The van der Waals surface area contributed by atoms with Crippen molar-refractivity contribution in [1.29, 1.82) is 0 Å². The highest BCUT2D eigenvalue weighted by molar-refractivity contribution is 5.81. The Kier molecular flexibility index (Phi) is 7.95. The molecule has 1 atom stereocenters. The second-order valence-corrected chi connectivity index (χ2v) is 5.88. The van der Waals surface area contributed by atoms with Crippen LogP contribution in [0.2, 0.25) is 0 Å². The predicted molar refractivity (Wildman–Crippen MR) is 74.6 cm³/mol. The van der Waals surface area contributed by atoms with Gasteiger partial charge in [-0.2, -0.15) is 0 Å². The lowest BCUT2D eigenvalue weighted by Gasteiger charge is -2.10. The Morgan fingerprint density at radius 2 is 1.22 bits per heavy atom. The van der Waals surface area contributed by atoms with Crippen molar-refractivity contribution in [2.24, 2.45) is 5.92 Å². The van der Waals surface area contributed by atoms with Gasteiger partial charge in [0, 0.05) is 25.7 Å². The number of hydrogen-bond donors (Lipinski definition) is 0. The Morgan fingerprint density at radius 1 is 0.667 bits per heavy atom. The third kappa shape index (κ3) is 7.62. The van der Waals surface area contributed by atoms with E-state index in [0.717, 1.165) is 32.1 Å². The first-order valence-corrected chi connectivity index (χ1v) is 7.72. The van der Waals surface area contributed by atoms with Crippen LogP contribution in [0.3, 0.4) is 0 Å². The molecule has 0 aromatic carbocycles. The van der Waals surface area contributed by atoms with Gasteiger partial charge >= 0.3 is 0 Å². The van der Waals surface area contributed by atoms with Crippen LogP contribution in [0.15, 0.2) is 0 Å². The number of hydrogen-bond acceptors (Lipinski definition) is 2. The lowest BCUT2D eigenvalue weighted by atomic mass is 9.96. The molecule has 1 rings (SSSR count). The highest BCUT2D eigenvalue weighted by Crippen LogP contribution is 2.18. The Bertz CT molecular complexity index is 258. The van der Waals surface area contributed by atoms with Crippen LogP contribution in [0.1, 0.15) is 84.0 Å². The Labute approximate surface area is 112 Å². The quantitative estimate of drug-likeness (QED) is 0.638. The topological polar surface area (TPSA) is 34.1 Å². The minimum absolute atomic E-state index is 0.351. The van der Waals surface area contributed by atoms with Crippen LogP contribution in [0.5, 0.6) is 0 Å². The van der Waals surface area contributed by atoms with E-state index in [1.165, 1.54) is 32.1 Å². The smallest absolute Gasteiger partial charge is 0.132 e.